The third-order valence-corrected chi connectivity index (χ3v) is 7.56. The zero-order valence-corrected chi connectivity index (χ0v) is 26.1. The summed E-state index contributed by atoms with van der Waals surface area (Å²) in [6, 6.07) is 21.0. The van der Waals surface area contributed by atoms with E-state index in [0.717, 1.165) is 18.5 Å². The minimum Gasteiger partial charge on any atom is -0.508 e. The van der Waals surface area contributed by atoms with Crippen LogP contribution in [0.15, 0.2) is 72.8 Å². The number of ether oxygens (including phenoxy) is 2. The van der Waals surface area contributed by atoms with Crippen molar-refractivity contribution in [3.05, 3.63) is 72.8 Å². The van der Waals surface area contributed by atoms with Crippen molar-refractivity contribution in [2.75, 3.05) is 11.9 Å². The van der Waals surface area contributed by atoms with Gasteiger partial charge in [0.25, 0.3) is 0 Å². The highest BCUT2D eigenvalue weighted by Crippen LogP contribution is 2.28. The lowest BCUT2D eigenvalue weighted by molar-refractivity contribution is 0.252. The molecule has 3 N–H and O–H groups in total. The fourth-order valence-corrected chi connectivity index (χ4v) is 5.02. The number of hydrogen-bond acceptors (Lipinski definition) is 4. The lowest BCUT2D eigenvalue weighted by Gasteiger charge is -2.10. The molecular weight excluding hydrogens is 536 g/mol. The average Bonchev–Trinajstić information content (AvgIpc) is 3.02. The van der Waals surface area contributed by atoms with E-state index in [9.17, 15) is 9.90 Å². The SMILES string of the molecule is CCCCCCCCCCCCCCCCCCNC(=O)Nc1ccc(Oc2ccc(Oc3ccc(O)cc3)cc2)cc1. The molecule has 3 aromatic carbocycles. The van der Waals surface area contributed by atoms with Gasteiger partial charge in [0.2, 0.25) is 0 Å². The van der Waals surface area contributed by atoms with E-state index in [1.165, 1.54) is 89.9 Å². The van der Waals surface area contributed by atoms with Crippen LogP contribution in [0.4, 0.5) is 10.5 Å². The number of anilines is 1. The molecule has 2 amide bonds. The molecule has 3 aromatic rings. The first-order valence-electron chi connectivity index (χ1n) is 16.5. The highest BCUT2D eigenvalue weighted by molar-refractivity contribution is 5.89. The van der Waals surface area contributed by atoms with E-state index in [1.54, 1.807) is 24.3 Å². The topological polar surface area (TPSA) is 79.8 Å². The van der Waals surface area contributed by atoms with Gasteiger partial charge in [0.15, 0.2) is 0 Å². The van der Waals surface area contributed by atoms with Crippen LogP contribution in [-0.4, -0.2) is 17.7 Å². The van der Waals surface area contributed by atoms with Gasteiger partial charge < -0.3 is 25.2 Å². The quantitative estimate of drug-likeness (QED) is 0.102. The lowest BCUT2D eigenvalue weighted by Crippen LogP contribution is -2.29. The summed E-state index contributed by atoms with van der Waals surface area (Å²) in [5.74, 6) is 2.86. The molecule has 0 aromatic heterocycles. The number of phenols is 1. The number of nitrogens with one attached hydrogen (secondary N) is 2. The maximum absolute atomic E-state index is 12.3. The second kappa shape index (κ2) is 21.1. The summed E-state index contributed by atoms with van der Waals surface area (Å²) >= 11 is 0. The number of benzene rings is 3. The number of urea groups is 1. The Morgan fingerprint density at radius 1 is 0.535 bits per heavy atom. The molecule has 0 unspecified atom stereocenters. The number of amides is 2. The third-order valence-electron chi connectivity index (χ3n) is 7.56. The number of hydrogen-bond donors (Lipinski definition) is 3. The second-order valence-electron chi connectivity index (χ2n) is 11.4. The zero-order chi connectivity index (χ0) is 30.4. The maximum Gasteiger partial charge on any atom is 0.319 e. The number of phenolic OH excluding ortho intramolecular Hbond substituents is 1. The summed E-state index contributed by atoms with van der Waals surface area (Å²) in [6.45, 7) is 2.97. The van der Waals surface area contributed by atoms with Gasteiger partial charge in [-0.3, -0.25) is 0 Å². The molecule has 0 radical (unpaired) electrons. The van der Waals surface area contributed by atoms with Crippen molar-refractivity contribution >= 4 is 11.7 Å². The van der Waals surface area contributed by atoms with Gasteiger partial charge in [-0.1, -0.05) is 103 Å². The molecular formula is C37H52N2O4. The van der Waals surface area contributed by atoms with E-state index in [-0.39, 0.29) is 11.8 Å². The standard InChI is InChI=1S/C37H52N2O4/c1-2-3-4-5-6-7-8-9-10-11-12-13-14-15-16-17-30-38-37(41)39-31-18-22-33(23-19-31)42-35-26-28-36(29-27-35)43-34-24-20-32(40)21-25-34/h18-29,40H,2-17,30H2,1H3,(H2,38,39,41). The first-order chi connectivity index (χ1) is 21.1. The monoisotopic (exact) mass is 588 g/mol. The molecule has 0 spiro atoms. The van der Waals surface area contributed by atoms with E-state index in [2.05, 4.69) is 17.6 Å². The molecule has 0 aliphatic heterocycles. The van der Waals surface area contributed by atoms with Gasteiger partial charge in [-0.2, -0.15) is 0 Å². The summed E-state index contributed by atoms with van der Waals surface area (Å²) < 4.78 is 11.7. The van der Waals surface area contributed by atoms with Crippen LogP contribution in [0.25, 0.3) is 0 Å². The van der Waals surface area contributed by atoms with Crippen LogP contribution >= 0.6 is 0 Å². The number of carbonyl (C=O) groups excluding carboxylic acids is 1. The van der Waals surface area contributed by atoms with Crippen LogP contribution in [0.1, 0.15) is 110 Å². The fourth-order valence-electron chi connectivity index (χ4n) is 5.02. The highest BCUT2D eigenvalue weighted by Gasteiger charge is 2.04. The predicted molar refractivity (Wildman–Crippen MR) is 178 cm³/mol. The summed E-state index contributed by atoms with van der Waals surface area (Å²) in [4.78, 5) is 12.3. The number of rotatable bonds is 22. The van der Waals surface area contributed by atoms with Crippen molar-refractivity contribution in [3.63, 3.8) is 0 Å². The van der Waals surface area contributed by atoms with E-state index >= 15 is 0 Å². The summed E-state index contributed by atoms with van der Waals surface area (Å²) in [5, 5.41) is 15.2. The van der Waals surface area contributed by atoms with Crippen LogP contribution in [0, 0.1) is 0 Å². The molecule has 6 nitrogen and oxygen atoms in total. The molecule has 3 rings (SSSR count). The Bertz CT molecular complexity index is 1130. The summed E-state index contributed by atoms with van der Waals surface area (Å²) in [7, 11) is 0. The Kier molecular flexibility index (Phi) is 16.6. The number of unbranched alkanes of at least 4 members (excludes halogenated alkanes) is 15. The van der Waals surface area contributed by atoms with Crippen LogP contribution < -0.4 is 20.1 Å². The first-order valence-corrected chi connectivity index (χ1v) is 16.5. The largest absolute Gasteiger partial charge is 0.508 e. The maximum atomic E-state index is 12.3. The zero-order valence-electron chi connectivity index (χ0n) is 26.1. The van der Waals surface area contributed by atoms with Crippen molar-refractivity contribution < 1.29 is 19.4 Å². The Balaban J connectivity index is 1.17. The Labute approximate surface area is 259 Å². The van der Waals surface area contributed by atoms with Gasteiger partial charge in [0, 0.05) is 12.2 Å². The summed E-state index contributed by atoms with van der Waals surface area (Å²) in [6.07, 6.45) is 21.5. The molecule has 234 valence electrons. The normalized spacial score (nSPS) is 10.8. The van der Waals surface area contributed by atoms with Gasteiger partial charge >= 0.3 is 6.03 Å². The lowest BCUT2D eigenvalue weighted by atomic mass is 10.0. The molecule has 0 bridgehead atoms. The molecule has 0 saturated carbocycles. The molecule has 0 heterocycles. The molecule has 0 fully saturated rings. The minimum atomic E-state index is -0.182. The number of carbonyl (C=O) groups is 1. The van der Waals surface area contributed by atoms with Crippen LogP contribution in [0.3, 0.4) is 0 Å². The number of aromatic hydroxyl groups is 1. The van der Waals surface area contributed by atoms with Crippen molar-refractivity contribution in [1.82, 2.24) is 5.32 Å². The Hall–Kier alpha value is -3.67. The average molecular weight is 589 g/mol. The van der Waals surface area contributed by atoms with Crippen LogP contribution in [0.2, 0.25) is 0 Å². The summed E-state index contributed by atoms with van der Waals surface area (Å²) in [5.41, 5.74) is 0.717. The Morgan fingerprint density at radius 2 is 0.884 bits per heavy atom. The Morgan fingerprint density at radius 3 is 1.30 bits per heavy atom. The highest BCUT2D eigenvalue weighted by atomic mass is 16.5. The molecule has 6 heteroatoms. The minimum absolute atomic E-state index is 0.182. The van der Waals surface area contributed by atoms with Crippen LogP contribution in [-0.2, 0) is 0 Å². The second-order valence-corrected chi connectivity index (χ2v) is 11.4. The van der Waals surface area contributed by atoms with Crippen molar-refractivity contribution in [2.45, 2.75) is 110 Å². The van der Waals surface area contributed by atoms with E-state index in [0.29, 0.717) is 29.5 Å². The molecule has 0 atom stereocenters. The van der Waals surface area contributed by atoms with E-state index in [1.807, 2.05) is 48.5 Å². The third kappa shape index (κ3) is 15.4. The molecule has 0 aliphatic rings. The van der Waals surface area contributed by atoms with Gasteiger partial charge in [0.1, 0.15) is 28.7 Å². The predicted octanol–water partition coefficient (Wildman–Crippen LogP) is 11.4. The van der Waals surface area contributed by atoms with Gasteiger partial charge in [-0.15, -0.1) is 0 Å². The van der Waals surface area contributed by atoms with Crippen molar-refractivity contribution in [3.8, 4) is 28.7 Å². The fraction of sp³-hybridized carbons (Fsp3) is 0.486. The van der Waals surface area contributed by atoms with Crippen LogP contribution in [0.5, 0.6) is 28.7 Å². The smallest absolute Gasteiger partial charge is 0.319 e. The van der Waals surface area contributed by atoms with Gasteiger partial charge in [-0.25, -0.2) is 4.79 Å². The van der Waals surface area contributed by atoms with Crippen molar-refractivity contribution in [1.29, 1.82) is 0 Å². The molecule has 0 saturated heterocycles. The van der Waals surface area contributed by atoms with E-state index < -0.39 is 0 Å². The van der Waals surface area contributed by atoms with Crippen molar-refractivity contribution in [2.24, 2.45) is 0 Å². The van der Waals surface area contributed by atoms with Gasteiger partial charge in [-0.05, 0) is 79.2 Å². The first kappa shape index (κ1) is 33.8. The van der Waals surface area contributed by atoms with Gasteiger partial charge in [0.05, 0.1) is 0 Å². The van der Waals surface area contributed by atoms with E-state index in [4.69, 9.17) is 9.47 Å². The molecule has 43 heavy (non-hydrogen) atoms. The molecule has 0 aliphatic carbocycles.